The van der Waals surface area contributed by atoms with Crippen molar-refractivity contribution >= 4 is 18.4 Å². The van der Waals surface area contributed by atoms with E-state index in [1.54, 1.807) is 0 Å². The van der Waals surface area contributed by atoms with E-state index < -0.39 is 11.4 Å². The third-order valence-electron chi connectivity index (χ3n) is 4.52. The number of hydrogen-bond acceptors (Lipinski definition) is 2. The van der Waals surface area contributed by atoms with Crippen LogP contribution < -0.4 is 5.73 Å². The van der Waals surface area contributed by atoms with Gasteiger partial charge >= 0.3 is 5.97 Å². The topological polar surface area (TPSA) is 63.3 Å². The van der Waals surface area contributed by atoms with Gasteiger partial charge in [-0.25, -0.2) is 0 Å². The van der Waals surface area contributed by atoms with Gasteiger partial charge in [-0.2, -0.15) is 0 Å². The molecule has 3 aliphatic rings. The molecule has 0 aliphatic heterocycles. The van der Waals surface area contributed by atoms with Crippen LogP contribution >= 0.6 is 12.4 Å². The molecule has 15 heavy (non-hydrogen) atoms. The van der Waals surface area contributed by atoms with Crippen LogP contribution in [0.3, 0.4) is 0 Å². The minimum absolute atomic E-state index is 0. The van der Waals surface area contributed by atoms with E-state index in [1.807, 2.05) is 0 Å². The Hall–Kier alpha value is -0.280. The lowest BCUT2D eigenvalue weighted by Crippen LogP contribution is -2.39. The molecule has 3 aliphatic carbocycles. The zero-order chi connectivity index (χ0) is 10.2. The van der Waals surface area contributed by atoms with Crippen LogP contribution in [0.4, 0.5) is 0 Å². The Bertz CT molecular complexity index is 247. The SMILES string of the molecule is Cl.NCC12CCCC(C(=O)O)(CC1)CC2. The zero-order valence-electron chi connectivity index (χ0n) is 9.00. The highest BCUT2D eigenvalue weighted by Gasteiger charge is 2.48. The van der Waals surface area contributed by atoms with Gasteiger partial charge in [0.05, 0.1) is 5.41 Å². The van der Waals surface area contributed by atoms with E-state index >= 15 is 0 Å². The molecule has 3 saturated carbocycles. The predicted octanol–water partition coefficient (Wildman–Crippen LogP) is 2.18. The fraction of sp³-hybridized carbons (Fsp3) is 0.909. The van der Waals surface area contributed by atoms with Gasteiger partial charge in [-0.3, -0.25) is 4.79 Å². The molecule has 0 aromatic heterocycles. The number of hydrogen-bond donors (Lipinski definition) is 2. The summed E-state index contributed by atoms with van der Waals surface area (Å²) in [7, 11) is 0. The van der Waals surface area contributed by atoms with Crippen LogP contribution in [0, 0.1) is 10.8 Å². The smallest absolute Gasteiger partial charge is 0.309 e. The zero-order valence-corrected chi connectivity index (χ0v) is 9.81. The quantitative estimate of drug-likeness (QED) is 0.769. The van der Waals surface area contributed by atoms with Crippen LogP contribution in [-0.2, 0) is 4.79 Å². The maximum atomic E-state index is 11.2. The lowest BCUT2D eigenvalue weighted by molar-refractivity contribution is -0.152. The molecule has 3 fully saturated rings. The molecule has 0 spiro atoms. The van der Waals surface area contributed by atoms with Gasteiger partial charge in [-0.05, 0) is 50.5 Å². The molecule has 3 nitrogen and oxygen atoms in total. The highest BCUT2D eigenvalue weighted by Crippen LogP contribution is 2.53. The summed E-state index contributed by atoms with van der Waals surface area (Å²) >= 11 is 0. The Labute approximate surface area is 96.8 Å². The summed E-state index contributed by atoms with van der Waals surface area (Å²) in [5.41, 5.74) is 5.71. The monoisotopic (exact) mass is 233 g/mol. The molecular weight excluding hydrogens is 214 g/mol. The van der Waals surface area contributed by atoms with Crippen molar-refractivity contribution in [3.05, 3.63) is 0 Å². The van der Waals surface area contributed by atoms with Crippen LogP contribution in [0.15, 0.2) is 0 Å². The van der Waals surface area contributed by atoms with Crippen LogP contribution in [0.1, 0.15) is 44.9 Å². The number of fused-ring (bicyclic) bond motifs is 4. The van der Waals surface area contributed by atoms with Crippen LogP contribution in [0.2, 0.25) is 0 Å². The van der Waals surface area contributed by atoms with Gasteiger partial charge in [-0.15, -0.1) is 12.4 Å². The van der Waals surface area contributed by atoms with E-state index in [-0.39, 0.29) is 17.8 Å². The average Bonchev–Trinajstić information content (AvgIpc) is 2.49. The Morgan fingerprint density at radius 3 is 2.20 bits per heavy atom. The summed E-state index contributed by atoms with van der Waals surface area (Å²) in [5.74, 6) is -0.579. The van der Waals surface area contributed by atoms with Gasteiger partial charge in [0.15, 0.2) is 0 Å². The van der Waals surface area contributed by atoms with Crippen LogP contribution in [0.5, 0.6) is 0 Å². The molecule has 0 heterocycles. The van der Waals surface area contributed by atoms with E-state index in [2.05, 4.69) is 0 Å². The fourth-order valence-corrected chi connectivity index (χ4v) is 3.19. The number of nitrogens with two attached hydrogens (primary N) is 1. The maximum Gasteiger partial charge on any atom is 0.309 e. The number of carbonyl (C=O) groups is 1. The van der Waals surface area contributed by atoms with Crippen LogP contribution in [-0.4, -0.2) is 17.6 Å². The summed E-state index contributed by atoms with van der Waals surface area (Å²) in [6.45, 7) is 0.739. The molecule has 0 radical (unpaired) electrons. The summed E-state index contributed by atoms with van der Waals surface area (Å²) < 4.78 is 0. The second kappa shape index (κ2) is 4.30. The summed E-state index contributed by atoms with van der Waals surface area (Å²) in [6.07, 6.45) is 6.79. The second-order valence-corrected chi connectivity index (χ2v) is 5.14. The lowest BCUT2D eigenvalue weighted by Gasteiger charge is -2.40. The van der Waals surface area contributed by atoms with Crippen molar-refractivity contribution in [1.29, 1.82) is 0 Å². The normalized spacial score (nSPS) is 39.3. The van der Waals surface area contributed by atoms with Gasteiger partial charge < -0.3 is 10.8 Å². The Balaban J connectivity index is 0.00000112. The maximum absolute atomic E-state index is 11.2. The highest BCUT2D eigenvalue weighted by atomic mass is 35.5. The lowest BCUT2D eigenvalue weighted by atomic mass is 9.65. The summed E-state index contributed by atoms with van der Waals surface area (Å²) in [6, 6.07) is 0. The van der Waals surface area contributed by atoms with E-state index in [0.717, 1.165) is 51.5 Å². The van der Waals surface area contributed by atoms with Crippen molar-refractivity contribution in [1.82, 2.24) is 0 Å². The molecule has 88 valence electrons. The largest absolute Gasteiger partial charge is 0.481 e. The molecule has 0 saturated heterocycles. The Kier molecular flexibility index (Phi) is 3.67. The fourth-order valence-electron chi connectivity index (χ4n) is 3.19. The molecule has 0 amide bonds. The number of halogens is 1. The molecule has 0 atom stereocenters. The highest BCUT2D eigenvalue weighted by molar-refractivity contribution is 5.85. The van der Waals surface area contributed by atoms with Crippen molar-refractivity contribution in [2.45, 2.75) is 44.9 Å². The van der Waals surface area contributed by atoms with Crippen molar-refractivity contribution in [2.24, 2.45) is 16.6 Å². The molecule has 2 bridgehead atoms. The number of aliphatic carboxylic acids is 1. The number of carboxylic acid groups (broad SMARTS) is 1. The van der Waals surface area contributed by atoms with Crippen LogP contribution in [0.25, 0.3) is 0 Å². The molecule has 3 N–H and O–H groups in total. The number of carboxylic acids is 1. The first-order valence-corrected chi connectivity index (χ1v) is 5.56. The van der Waals surface area contributed by atoms with E-state index in [9.17, 15) is 9.90 Å². The standard InChI is InChI=1S/C11H19NO2.ClH/c12-8-10-2-1-3-11(6-4-10,7-5-10)9(13)14;/h1-8,12H2,(H,13,14);1H. The first-order valence-electron chi connectivity index (χ1n) is 5.56. The van der Waals surface area contributed by atoms with Crippen molar-refractivity contribution in [2.75, 3.05) is 6.54 Å². The van der Waals surface area contributed by atoms with Crippen molar-refractivity contribution < 1.29 is 9.90 Å². The molecule has 0 unspecified atom stereocenters. The predicted molar refractivity (Wildman–Crippen MR) is 61.1 cm³/mol. The van der Waals surface area contributed by atoms with E-state index in [4.69, 9.17) is 5.73 Å². The van der Waals surface area contributed by atoms with Crippen molar-refractivity contribution in [3.63, 3.8) is 0 Å². The van der Waals surface area contributed by atoms with Gasteiger partial charge in [-0.1, -0.05) is 6.42 Å². The summed E-state index contributed by atoms with van der Waals surface area (Å²) in [5, 5.41) is 9.26. The molecule has 4 heteroatoms. The average molecular weight is 234 g/mol. The Morgan fingerprint density at radius 1 is 1.13 bits per heavy atom. The molecule has 0 aromatic carbocycles. The van der Waals surface area contributed by atoms with Crippen molar-refractivity contribution in [3.8, 4) is 0 Å². The van der Waals surface area contributed by atoms with E-state index in [1.165, 1.54) is 0 Å². The second-order valence-electron chi connectivity index (χ2n) is 5.14. The molecule has 0 aromatic rings. The van der Waals surface area contributed by atoms with Gasteiger partial charge in [0.25, 0.3) is 0 Å². The molecule has 3 rings (SSSR count). The third kappa shape index (κ3) is 2.00. The number of rotatable bonds is 2. The van der Waals surface area contributed by atoms with Gasteiger partial charge in [0, 0.05) is 0 Å². The first-order chi connectivity index (χ1) is 6.63. The third-order valence-corrected chi connectivity index (χ3v) is 4.52. The minimum atomic E-state index is -0.579. The summed E-state index contributed by atoms with van der Waals surface area (Å²) in [4.78, 5) is 11.2. The first kappa shape index (κ1) is 12.8. The Morgan fingerprint density at radius 2 is 1.73 bits per heavy atom. The van der Waals surface area contributed by atoms with Gasteiger partial charge in [0.1, 0.15) is 0 Å². The minimum Gasteiger partial charge on any atom is -0.481 e. The van der Waals surface area contributed by atoms with Gasteiger partial charge in [0.2, 0.25) is 0 Å². The molecular formula is C11H20ClNO2. The van der Waals surface area contributed by atoms with E-state index in [0.29, 0.717) is 0 Å².